The Hall–Kier alpha value is -1.02. The SMILES string of the molecule is N#CCc1cc(CBr)cnc1C(F)F. The van der Waals surface area contributed by atoms with Crippen molar-refractivity contribution < 1.29 is 8.78 Å². The molecule has 0 saturated carbocycles. The standard InChI is InChI=1S/C9H7BrF2N2/c10-4-6-3-7(1-2-13)8(9(11)12)14-5-6/h3,5,9H,1,4H2. The molecule has 14 heavy (non-hydrogen) atoms. The molecular weight excluding hydrogens is 254 g/mol. The van der Waals surface area contributed by atoms with Gasteiger partial charge in [0.15, 0.2) is 0 Å². The van der Waals surface area contributed by atoms with Crippen LogP contribution in [0.4, 0.5) is 8.78 Å². The first-order valence-electron chi connectivity index (χ1n) is 3.87. The first kappa shape index (κ1) is 11.1. The van der Waals surface area contributed by atoms with Crippen molar-refractivity contribution in [2.75, 3.05) is 0 Å². The fourth-order valence-corrected chi connectivity index (χ4v) is 1.37. The Bertz CT molecular complexity index is 360. The topological polar surface area (TPSA) is 36.7 Å². The number of nitriles is 1. The first-order valence-corrected chi connectivity index (χ1v) is 5.00. The van der Waals surface area contributed by atoms with E-state index >= 15 is 0 Å². The van der Waals surface area contributed by atoms with Crippen molar-refractivity contribution in [2.24, 2.45) is 0 Å². The summed E-state index contributed by atoms with van der Waals surface area (Å²) in [7, 11) is 0. The second kappa shape index (κ2) is 5.01. The molecule has 5 heteroatoms. The highest BCUT2D eigenvalue weighted by molar-refractivity contribution is 9.08. The van der Waals surface area contributed by atoms with Crippen LogP contribution in [0.2, 0.25) is 0 Å². The zero-order valence-corrected chi connectivity index (χ0v) is 8.76. The molecule has 0 radical (unpaired) electrons. The highest BCUT2D eigenvalue weighted by Crippen LogP contribution is 2.22. The molecule has 0 aliphatic rings. The lowest BCUT2D eigenvalue weighted by molar-refractivity contribution is 0.145. The molecule has 0 fully saturated rings. The molecule has 74 valence electrons. The van der Waals surface area contributed by atoms with Crippen LogP contribution in [0, 0.1) is 11.3 Å². The number of nitrogens with zero attached hydrogens (tertiary/aromatic N) is 2. The summed E-state index contributed by atoms with van der Waals surface area (Å²) in [5, 5.41) is 9.00. The van der Waals surface area contributed by atoms with Gasteiger partial charge < -0.3 is 0 Å². The van der Waals surface area contributed by atoms with Crippen LogP contribution in [0.15, 0.2) is 12.3 Å². The van der Waals surface area contributed by atoms with E-state index in [1.807, 2.05) is 6.07 Å². The summed E-state index contributed by atoms with van der Waals surface area (Å²) in [5.74, 6) is 0. The molecule has 1 heterocycles. The number of hydrogen-bond acceptors (Lipinski definition) is 2. The third kappa shape index (κ3) is 2.48. The van der Waals surface area contributed by atoms with Crippen LogP contribution >= 0.6 is 15.9 Å². The van der Waals surface area contributed by atoms with Crippen molar-refractivity contribution in [3.63, 3.8) is 0 Å². The zero-order chi connectivity index (χ0) is 10.6. The molecule has 0 spiro atoms. The van der Waals surface area contributed by atoms with E-state index in [-0.39, 0.29) is 12.1 Å². The van der Waals surface area contributed by atoms with E-state index in [0.717, 1.165) is 5.56 Å². The second-order valence-corrected chi connectivity index (χ2v) is 3.22. The van der Waals surface area contributed by atoms with Gasteiger partial charge in [0.2, 0.25) is 0 Å². The Morgan fingerprint density at radius 1 is 1.57 bits per heavy atom. The number of hydrogen-bond donors (Lipinski definition) is 0. The van der Waals surface area contributed by atoms with Crippen LogP contribution in [-0.2, 0) is 11.8 Å². The second-order valence-electron chi connectivity index (χ2n) is 2.66. The first-order chi connectivity index (χ1) is 6.69. The van der Waals surface area contributed by atoms with Crippen molar-refractivity contribution in [3.05, 3.63) is 29.1 Å². The van der Waals surface area contributed by atoms with Crippen molar-refractivity contribution in [2.45, 2.75) is 18.2 Å². The van der Waals surface area contributed by atoms with Crippen LogP contribution in [0.5, 0.6) is 0 Å². The van der Waals surface area contributed by atoms with E-state index in [1.54, 1.807) is 6.07 Å². The van der Waals surface area contributed by atoms with Gasteiger partial charge in [-0.1, -0.05) is 22.0 Å². The molecule has 0 unspecified atom stereocenters. The molecule has 1 aromatic heterocycles. The molecule has 0 saturated heterocycles. The quantitative estimate of drug-likeness (QED) is 0.784. The highest BCUT2D eigenvalue weighted by Gasteiger charge is 2.14. The van der Waals surface area contributed by atoms with Crippen molar-refractivity contribution in [1.82, 2.24) is 4.98 Å². The summed E-state index contributed by atoms with van der Waals surface area (Å²) < 4.78 is 24.8. The van der Waals surface area contributed by atoms with Crippen molar-refractivity contribution in [3.8, 4) is 6.07 Å². The Balaban J connectivity index is 3.11. The van der Waals surface area contributed by atoms with Gasteiger partial charge in [-0.2, -0.15) is 5.26 Å². The molecule has 0 aliphatic carbocycles. The van der Waals surface area contributed by atoms with Crippen molar-refractivity contribution >= 4 is 15.9 Å². The minimum absolute atomic E-state index is 0.0342. The molecule has 0 aliphatic heterocycles. The van der Waals surface area contributed by atoms with Gasteiger partial charge in [-0.05, 0) is 11.1 Å². The molecule has 1 aromatic rings. The molecule has 0 amide bonds. The van der Waals surface area contributed by atoms with E-state index in [9.17, 15) is 8.78 Å². The summed E-state index contributed by atoms with van der Waals surface area (Å²) in [6.07, 6.45) is -1.27. The lowest BCUT2D eigenvalue weighted by atomic mass is 10.1. The summed E-state index contributed by atoms with van der Waals surface area (Å²) >= 11 is 3.19. The maximum atomic E-state index is 12.4. The summed E-state index contributed by atoms with van der Waals surface area (Å²) in [6.45, 7) is 0. The summed E-state index contributed by atoms with van der Waals surface area (Å²) in [4.78, 5) is 3.64. The fourth-order valence-electron chi connectivity index (χ4n) is 1.07. The largest absolute Gasteiger partial charge is 0.280 e. The predicted octanol–water partition coefficient (Wildman–Crippen LogP) is 2.98. The Morgan fingerprint density at radius 3 is 2.79 bits per heavy atom. The normalized spacial score (nSPS) is 10.2. The van der Waals surface area contributed by atoms with Crippen LogP contribution in [-0.4, -0.2) is 4.98 Å². The van der Waals surface area contributed by atoms with Gasteiger partial charge in [0.05, 0.1) is 12.5 Å². The number of alkyl halides is 3. The lowest BCUT2D eigenvalue weighted by Crippen LogP contribution is -1.99. The van der Waals surface area contributed by atoms with Crippen LogP contribution in [0.25, 0.3) is 0 Å². The summed E-state index contributed by atoms with van der Waals surface area (Å²) in [5.41, 5.74) is 0.801. The molecule has 0 N–H and O–H groups in total. The number of pyridine rings is 1. The van der Waals surface area contributed by atoms with E-state index in [1.165, 1.54) is 6.20 Å². The number of rotatable bonds is 3. The zero-order valence-electron chi connectivity index (χ0n) is 7.17. The maximum Gasteiger partial charge on any atom is 0.280 e. The Labute approximate surface area is 88.7 Å². The van der Waals surface area contributed by atoms with Crippen molar-refractivity contribution in [1.29, 1.82) is 5.26 Å². The van der Waals surface area contributed by atoms with Crippen LogP contribution in [0.3, 0.4) is 0 Å². The van der Waals surface area contributed by atoms with Gasteiger partial charge in [-0.15, -0.1) is 0 Å². The number of halogens is 3. The molecule has 0 atom stereocenters. The van der Waals surface area contributed by atoms with E-state index in [4.69, 9.17) is 5.26 Å². The summed E-state index contributed by atoms with van der Waals surface area (Å²) in [6, 6.07) is 3.42. The molecule has 1 rings (SSSR count). The van der Waals surface area contributed by atoms with Gasteiger partial charge in [0.1, 0.15) is 5.69 Å². The smallest absolute Gasteiger partial charge is 0.255 e. The van der Waals surface area contributed by atoms with Gasteiger partial charge in [0, 0.05) is 11.5 Å². The fraction of sp³-hybridized carbons (Fsp3) is 0.333. The van der Waals surface area contributed by atoms with E-state index in [2.05, 4.69) is 20.9 Å². The van der Waals surface area contributed by atoms with Crippen LogP contribution in [0.1, 0.15) is 23.2 Å². The molecular formula is C9H7BrF2N2. The van der Waals surface area contributed by atoms with Gasteiger partial charge in [-0.3, -0.25) is 4.98 Å². The monoisotopic (exact) mass is 260 g/mol. The molecule has 2 nitrogen and oxygen atoms in total. The Kier molecular flexibility index (Phi) is 3.96. The average molecular weight is 261 g/mol. The number of aromatic nitrogens is 1. The van der Waals surface area contributed by atoms with E-state index < -0.39 is 6.43 Å². The average Bonchev–Trinajstić information content (AvgIpc) is 2.17. The lowest BCUT2D eigenvalue weighted by Gasteiger charge is -2.05. The highest BCUT2D eigenvalue weighted by atomic mass is 79.9. The molecule has 0 bridgehead atoms. The third-order valence-electron chi connectivity index (χ3n) is 1.69. The van der Waals surface area contributed by atoms with E-state index in [0.29, 0.717) is 10.9 Å². The predicted molar refractivity (Wildman–Crippen MR) is 51.1 cm³/mol. The van der Waals surface area contributed by atoms with Gasteiger partial charge >= 0.3 is 0 Å². The van der Waals surface area contributed by atoms with Crippen LogP contribution < -0.4 is 0 Å². The molecule has 0 aromatic carbocycles. The maximum absolute atomic E-state index is 12.4. The minimum Gasteiger partial charge on any atom is -0.255 e. The van der Waals surface area contributed by atoms with Gasteiger partial charge in [-0.25, -0.2) is 8.78 Å². The van der Waals surface area contributed by atoms with Gasteiger partial charge in [0.25, 0.3) is 6.43 Å². The Morgan fingerprint density at radius 2 is 2.29 bits per heavy atom. The third-order valence-corrected chi connectivity index (χ3v) is 2.34. The minimum atomic E-state index is -2.62.